The van der Waals surface area contributed by atoms with Gasteiger partial charge in [0.2, 0.25) is 23.7 Å². The summed E-state index contributed by atoms with van der Waals surface area (Å²) in [5, 5.41) is 15.3. The second-order valence-electron chi connectivity index (χ2n) is 17.0. The van der Waals surface area contributed by atoms with E-state index in [9.17, 15) is 37.2 Å². The van der Waals surface area contributed by atoms with E-state index in [4.69, 9.17) is 4.74 Å². The van der Waals surface area contributed by atoms with Crippen molar-refractivity contribution in [2.75, 3.05) is 73.8 Å². The number of piperazine rings is 1. The fourth-order valence-electron chi connectivity index (χ4n) is 8.86. The van der Waals surface area contributed by atoms with Crippen LogP contribution in [0.3, 0.4) is 0 Å². The summed E-state index contributed by atoms with van der Waals surface area (Å²) in [6.07, 6.45) is 4.87. The number of aromatic nitrogens is 4. The van der Waals surface area contributed by atoms with Crippen molar-refractivity contribution in [3.8, 4) is 23.3 Å². The Morgan fingerprint density at radius 1 is 0.897 bits per heavy atom. The predicted molar refractivity (Wildman–Crippen MR) is 241 cm³/mol. The van der Waals surface area contributed by atoms with E-state index in [0.29, 0.717) is 81.4 Å². The molecule has 354 valence electrons. The highest BCUT2D eigenvalue weighted by Crippen LogP contribution is 2.35. The van der Waals surface area contributed by atoms with Gasteiger partial charge in [0.15, 0.2) is 11.6 Å². The van der Waals surface area contributed by atoms with Crippen molar-refractivity contribution in [2.24, 2.45) is 0 Å². The number of likely N-dealkylation sites (tertiary alicyclic amines) is 1. The average molecular weight is 955 g/mol. The number of anilines is 3. The molecule has 68 heavy (non-hydrogen) atoms. The molecule has 4 aliphatic rings. The lowest BCUT2D eigenvalue weighted by Gasteiger charge is -2.37. The Balaban J connectivity index is 0.781. The van der Waals surface area contributed by atoms with Gasteiger partial charge in [0.25, 0.3) is 5.56 Å². The number of nitrogens with one attached hydrogen (secondary N) is 3. The molecule has 3 aromatic carbocycles. The fourth-order valence-corrected chi connectivity index (χ4v) is 10.1. The Morgan fingerprint density at radius 2 is 1.66 bits per heavy atom. The number of fused-ring (bicyclic) bond motifs is 1. The summed E-state index contributed by atoms with van der Waals surface area (Å²) in [6, 6.07) is 12.2. The van der Waals surface area contributed by atoms with Crippen LogP contribution in [0.5, 0.6) is 11.5 Å². The number of piperidine rings is 2. The van der Waals surface area contributed by atoms with E-state index in [-0.39, 0.29) is 78.4 Å². The Labute approximate surface area is 387 Å². The normalized spacial score (nSPS) is 19.7. The number of carbonyl (C=O) groups is 3. The second-order valence-corrected chi connectivity index (χ2v) is 18.7. The molecule has 19 nitrogen and oxygen atoms in total. The molecule has 0 bridgehead atoms. The number of alkyl halides is 1. The van der Waals surface area contributed by atoms with Crippen molar-refractivity contribution in [3.05, 3.63) is 100 Å². The third kappa shape index (κ3) is 9.78. The Kier molecular flexibility index (Phi) is 13.0. The molecule has 5 aromatic rings. The molecule has 0 radical (unpaired) electrons. The van der Waals surface area contributed by atoms with Crippen LogP contribution in [0.25, 0.3) is 16.6 Å². The molecule has 0 spiro atoms. The minimum Gasteiger partial charge on any atom is -0.453 e. The smallest absolute Gasteiger partial charge is 0.301 e. The first-order valence-electron chi connectivity index (χ1n) is 22.0. The molecule has 3 N–H and O–H groups in total. The Morgan fingerprint density at radius 3 is 2.35 bits per heavy atom. The standard InChI is InChI=1S/C45H45F3N12O7S/c46-28-11-14-59(24-28)68(65,66)55-38-6-4-35(47)42(34(38)21-49)67-31-2-5-37-33(20-31)44(64)60(26-52-37)30-22-50-45(51-23-30)58-17-15-57(16-18-58)41(62)25-56-12-9-27(10-13-56)32-3-1-29(19-36(32)48)53-39-7-8-40(61)54-43(39)63/h1-6,19-20,22-23,26-28,39,53,55H,7-18,24-25H2,(H,54,61,63)/t28?,39-/m0/s1. The van der Waals surface area contributed by atoms with E-state index in [1.807, 2.05) is 4.90 Å². The van der Waals surface area contributed by atoms with Crippen LogP contribution in [0, 0.1) is 23.0 Å². The van der Waals surface area contributed by atoms with Gasteiger partial charge in [0.1, 0.15) is 41.7 Å². The monoisotopic (exact) mass is 954 g/mol. The Bertz CT molecular complexity index is 2990. The van der Waals surface area contributed by atoms with E-state index in [2.05, 4.69) is 35.2 Å². The van der Waals surface area contributed by atoms with Crippen LogP contribution in [-0.2, 0) is 24.6 Å². The van der Waals surface area contributed by atoms with Crippen molar-refractivity contribution in [1.82, 2.24) is 38.9 Å². The zero-order chi connectivity index (χ0) is 47.7. The third-order valence-electron chi connectivity index (χ3n) is 12.6. The average Bonchev–Trinajstić information content (AvgIpc) is 3.79. The molecule has 9 rings (SSSR count). The van der Waals surface area contributed by atoms with Gasteiger partial charge < -0.3 is 19.9 Å². The quantitative estimate of drug-likeness (QED) is 0.152. The lowest BCUT2D eigenvalue weighted by molar-refractivity contribution is -0.134. The predicted octanol–water partition coefficient (Wildman–Crippen LogP) is 3.56. The number of nitrogens with zero attached hydrogens (tertiary/aromatic N) is 9. The third-order valence-corrected chi connectivity index (χ3v) is 14.1. The molecule has 4 saturated heterocycles. The van der Waals surface area contributed by atoms with E-state index in [1.54, 1.807) is 23.1 Å². The SMILES string of the molecule is N#Cc1c(NS(=O)(=O)N2CCC(F)C2)ccc(F)c1Oc1ccc2ncn(-c3cnc(N4CCN(C(=O)CN5CCC(c6ccc(N[C@H]7CCC(=O)NC7=O)cc6F)CC5)CC4)nc3)c(=O)c2c1. The first kappa shape index (κ1) is 46.0. The molecule has 4 fully saturated rings. The van der Waals surface area contributed by atoms with E-state index in [0.717, 1.165) is 16.4 Å². The summed E-state index contributed by atoms with van der Waals surface area (Å²) < 4.78 is 80.1. The maximum Gasteiger partial charge on any atom is 0.301 e. The number of ether oxygens (including phenoxy) is 1. The number of imide groups is 1. The molecular formula is C45H45F3N12O7S. The Hall–Kier alpha value is -7.16. The molecule has 3 amide bonds. The molecule has 1 unspecified atom stereocenters. The largest absolute Gasteiger partial charge is 0.453 e. The lowest BCUT2D eigenvalue weighted by Crippen LogP contribution is -2.52. The number of halogens is 3. The van der Waals surface area contributed by atoms with Crippen LogP contribution in [0.2, 0.25) is 0 Å². The molecule has 6 heterocycles. The number of hydrogen-bond donors (Lipinski definition) is 3. The van der Waals surface area contributed by atoms with Gasteiger partial charge in [-0.2, -0.15) is 18.0 Å². The summed E-state index contributed by atoms with van der Waals surface area (Å²) >= 11 is 0. The maximum absolute atomic E-state index is 15.3. The van der Waals surface area contributed by atoms with Gasteiger partial charge in [-0.25, -0.2) is 28.1 Å². The van der Waals surface area contributed by atoms with Gasteiger partial charge in [0.05, 0.1) is 41.2 Å². The molecule has 0 saturated carbocycles. The summed E-state index contributed by atoms with van der Waals surface area (Å²) in [4.78, 5) is 69.9. The summed E-state index contributed by atoms with van der Waals surface area (Å²) in [6.45, 7) is 2.94. The van der Waals surface area contributed by atoms with Gasteiger partial charge in [-0.05, 0) is 92.7 Å². The molecule has 2 aromatic heterocycles. The molecule has 2 atom stereocenters. The van der Waals surface area contributed by atoms with E-state index >= 15 is 8.78 Å². The van der Waals surface area contributed by atoms with Gasteiger partial charge in [-0.3, -0.25) is 38.7 Å². The highest BCUT2D eigenvalue weighted by Gasteiger charge is 2.33. The number of rotatable bonds is 12. The van der Waals surface area contributed by atoms with Crippen LogP contribution in [0.15, 0.2) is 72.0 Å². The van der Waals surface area contributed by atoms with Gasteiger partial charge >= 0.3 is 10.2 Å². The van der Waals surface area contributed by atoms with Crippen LogP contribution < -0.4 is 30.6 Å². The van der Waals surface area contributed by atoms with Crippen molar-refractivity contribution in [3.63, 3.8) is 0 Å². The van der Waals surface area contributed by atoms with Gasteiger partial charge in [-0.1, -0.05) is 6.07 Å². The number of carbonyl (C=O) groups excluding carboxylic acids is 3. The first-order valence-corrected chi connectivity index (χ1v) is 23.5. The van der Waals surface area contributed by atoms with Crippen molar-refractivity contribution in [1.29, 1.82) is 5.26 Å². The lowest BCUT2D eigenvalue weighted by atomic mass is 9.89. The maximum atomic E-state index is 15.3. The zero-order valence-corrected chi connectivity index (χ0v) is 37.2. The zero-order valence-electron chi connectivity index (χ0n) is 36.4. The number of benzene rings is 3. The van der Waals surface area contributed by atoms with Crippen molar-refractivity contribution in [2.45, 2.75) is 50.2 Å². The van der Waals surface area contributed by atoms with E-state index < -0.39 is 51.0 Å². The second kappa shape index (κ2) is 19.2. The minimum absolute atomic E-state index is 0.00541. The summed E-state index contributed by atoms with van der Waals surface area (Å²) in [5.41, 5.74) is 0.382. The van der Waals surface area contributed by atoms with Crippen LogP contribution in [0.4, 0.5) is 30.5 Å². The summed E-state index contributed by atoms with van der Waals surface area (Å²) in [5.74, 6) is -2.32. The minimum atomic E-state index is -4.27. The molecule has 23 heteroatoms. The number of nitriles is 1. The van der Waals surface area contributed by atoms with Crippen molar-refractivity contribution >= 4 is 56.2 Å². The highest BCUT2D eigenvalue weighted by atomic mass is 32.2. The van der Waals surface area contributed by atoms with Crippen LogP contribution in [-0.4, -0.2) is 131 Å². The molecule has 4 aliphatic heterocycles. The van der Waals surface area contributed by atoms with Crippen molar-refractivity contribution < 1.29 is 40.7 Å². The molecule has 0 aliphatic carbocycles. The highest BCUT2D eigenvalue weighted by molar-refractivity contribution is 7.90. The number of amides is 3. The van der Waals surface area contributed by atoms with E-state index in [1.165, 1.54) is 47.6 Å². The summed E-state index contributed by atoms with van der Waals surface area (Å²) in [7, 11) is -4.27. The van der Waals surface area contributed by atoms with Crippen LogP contribution >= 0.6 is 0 Å². The van der Waals surface area contributed by atoms with Crippen LogP contribution in [0.1, 0.15) is 49.1 Å². The number of hydrogen-bond acceptors (Lipinski definition) is 14. The first-order chi connectivity index (χ1) is 32.7. The topological polar surface area (TPSA) is 228 Å². The molecular weight excluding hydrogens is 910 g/mol. The van der Waals surface area contributed by atoms with Gasteiger partial charge in [-0.15, -0.1) is 0 Å². The van der Waals surface area contributed by atoms with Gasteiger partial charge in [0, 0.05) is 51.4 Å². The fraction of sp³-hybridized carbons (Fsp3) is 0.378.